The minimum atomic E-state index is -0.0621. The fraction of sp³-hybridized carbons (Fsp3) is 0.259. The van der Waals surface area contributed by atoms with Crippen LogP contribution in [-0.2, 0) is 13.0 Å². The van der Waals surface area contributed by atoms with Crippen molar-refractivity contribution in [1.29, 1.82) is 0 Å². The van der Waals surface area contributed by atoms with Crippen molar-refractivity contribution in [2.75, 3.05) is 13.7 Å². The number of amides is 1. The number of imidazole rings is 1. The largest absolute Gasteiger partial charge is 0.497 e. The Morgan fingerprint density at radius 3 is 2.48 bits per heavy atom. The van der Waals surface area contributed by atoms with E-state index in [2.05, 4.69) is 40.2 Å². The van der Waals surface area contributed by atoms with E-state index in [4.69, 9.17) is 21.3 Å². The predicted octanol–water partition coefficient (Wildman–Crippen LogP) is 5.89. The quantitative estimate of drug-likeness (QED) is 0.299. The number of aromatic nitrogens is 2. The van der Waals surface area contributed by atoms with Crippen LogP contribution in [0.15, 0.2) is 72.8 Å². The number of nitrogens with zero attached hydrogens (tertiary/aromatic N) is 2. The second kappa shape index (κ2) is 11.0. The lowest BCUT2D eigenvalue weighted by molar-refractivity contribution is 0.0953. The van der Waals surface area contributed by atoms with Gasteiger partial charge in [0, 0.05) is 30.1 Å². The lowest BCUT2D eigenvalue weighted by atomic mass is 10.1. The summed E-state index contributed by atoms with van der Waals surface area (Å²) in [6.07, 6.45) is 3.86. The molecule has 3 aromatic carbocycles. The van der Waals surface area contributed by atoms with Crippen molar-refractivity contribution in [1.82, 2.24) is 14.9 Å². The van der Waals surface area contributed by atoms with Gasteiger partial charge >= 0.3 is 0 Å². The van der Waals surface area contributed by atoms with Gasteiger partial charge in [-0.1, -0.05) is 42.3 Å². The summed E-state index contributed by atoms with van der Waals surface area (Å²) in [5, 5.41) is 3.61. The highest BCUT2D eigenvalue weighted by Gasteiger charge is 2.11. The summed E-state index contributed by atoms with van der Waals surface area (Å²) >= 11 is 5.88. The number of aryl methyl sites for hydroxylation is 1. The van der Waals surface area contributed by atoms with Crippen LogP contribution in [0.5, 0.6) is 5.75 Å². The molecular formula is C27H28ClN3O2. The summed E-state index contributed by atoms with van der Waals surface area (Å²) in [6, 6.07) is 23.4. The van der Waals surface area contributed by atoms with Crippen molar-refractivity contribution in [2.45, 2.75) is 32.2 Å². The Balaban J connectivity index is 1.32. The van der Waals surface area contributed by atoms with Crippen LogP contribution in [0.2, 0.25) is 5.02 Å². The van der Waals surface area contributed by atoms with Crippen LogP contribution in [0.4, 0.5) is 0 Å². The molecule has 0 saturated heterocycles. The number of carbonyl (C=O) groups is 1. The van der Waals surface area contributed by atoms with Crippen molar-refractivity contribution >= 4 is 28.5 Å². The summed E-state index contributed by atoms with van der Waals surface area (Å²) in [7, 11) is 1.68. The molecule has 6 heteroatoms. The predicted molar refractivity (Wildman–Crippen MR) is 133 cm³/mol. The van der Waals surface area contributed by atoms with E-state index in [1.165, 1.54) is 5.56 Å². The molecule has 0 aliphatic rings. The zero-order chi connectivity index (χ0) is 23.0. The molecule has 4 rings (SSSR count). The van der Waals surface area contributed by atoms with Gasteiger partial charge in [0.1, 0.15) is 11.6 Å². The molecule has 0 aliphatic carbocycles. The van der Waals surface area contributed by atoms with E-state index < -0.39 is 0 Å². The number of methoxy groups -OCH3 is 1. The summed E-state index contributed by atoms with van der Waals surface area (Å²) in [4.78, 5) is 17.1. The smallest absolute Gasteiger partial charge is 0.251 e. The number of hydrogen-bond acceptors (Lipinski definition) is 3. The molecule has 0 bridgehead atoms. The van der Waals surface area contributed by atoms with Gasteiger partial charge in [-0.05, 0) is 66.9 Å². The number of ether oxygens (including phenoxy) is 1. The summed E-state index contributed by atoms with van der Waals surface area (Å²) in [5.74, 6) is 1.89. The molecular weight excluding hydrogens is 434 g/mol. The third-order valence-corrected chi connectivity index (χ3v) is 5.95. The Morgan fingerprint density at radius 2 is 1.73 bits per heavy atom. The summed E-state index contributed by atoms with van der Waals surface area (Å²) in [5.41, 5.74) is 4.02. The molecule has 0 spiro atoms. The van der Waals surface area contributed by atoms with Gasteiger partial charge in [-0.3, -0.25) is 4.79 Å². The van der Waals surface area contributed by atoms with Gasteiger partial charge in [0.05, 0.1) is 18.1 Å². The highest BCUT2D eigenvalue weighted by atomic mass is 35.5. The topological polar surface area (TPSA) is 56.1 Å². The Bertz CT molecular complexity index is 1200. The molecule has 0 fully saturated rings. The fourth-order valence-corrected chi connectivity index (χ4v) is 4.02. The van der Waals surface area contributed by atoms with Crippen LogP contribution in [0.1, 0.15) is 41.0 Å². The maximum Gasteiger partial charge on any atom is 0.251 e. The Kier molecular flexibility index (Phi) is 7.63. The highest BCUT2D eigenvalue weighted by Crippen LogP contribution is 2.21. The minimum absolute atomic E-state index is 0.0621. The highest BCUT2D eigenvalue weighted by molar-refractivity contribution is 6.30. The number of para-hydroxylation sites is 2. The molecule has 4 aromatic rings. The summed E-state index contributed by atoms with van der Waals surface area (Å²) in [6.45, 7) is 1.43. The molecule has 0 saturated carbocycles. The van der Waals surface area contributed by atoms with Gasteiger partial charge in [-0.25, -0.2) is 4.98 Å². The van der Waals surface area contributed by atoms with E-state index in [9.17, 15) is 4.79 Å². The Morgan fingerprint density at radius 1 is 0.970 bits per heavy atom. The molecule has 0 radical (unpaired) electrons. The standard InChI is InChI=1S/C27H28ClN3O2/c1-33-23-16-10-20(11-17-23)19-31-25-8-5-4-7-24(25)30-26(31)9-3-2-6-18-29-27(32)21-12-14-22(28)15-13-21/h4-5,7-8,10-17H,2-3,6,9,18-19H2,1H3,(H,29,32). The first kappa shape index (κ1) is 22.9. The average molecular weight is 462 g/mol. The van der Waals surface area contributed by atoms with Gasteiger partial charge < -0.3 is 14.6 Å². The molecule has 1 amide bonds. The van der Waals surface area contributed by atoms with E-state index in [1.54, 1.807) is 31.4 Å². The van der Waals surface area contributed by atoms with Crippen molar-refractivity contribution in [3.8, 4) is 5.75 Å². The first-order chi connectivity index (χ1) is 16.1. The second-order valence-electron chi connectivity index (χ2n) is 8.02. The van der Waals surface area contributed by atoms with Crippen molar-refractivity contribution in [2.24, 2.45) is 0 Å². The lowest BCUT2D eigenvalue weighted by Gasteiger charge is -2.10. The monoisotopic (exact) mass is 461 g/mol. The maximum atomic E-state index is 12.2. The third kappa shape index (κ3) is 5.93. The van der Waals surface area contributed by atoms with E-state index in [0.717, 1.165) is 54.8 Å². The van der Waals surface area contributed by atoms with Crippen LogP contribution >= 0.6 is 11.6 Å². The Hall–Kier alpha value is -3.31. The molecule has 5 nitrogen and oxygen atoms in total. The van der Waals surface area contributed by atoms with Crippen molar-refractivity contribution in [3.63, 3.8) is 0 Å². The molecule has 1 heterocycles. The first-order valence-electron chi connectivity index (χ1n) is 11.2. The van der Waals surface area contributed by atoms with E-state index in [-0.39, 0.29) is 5.91 Å². The number of rotatable bonds is 10. The van der Waals surface area contributed by atoms with E-state index >= 15 is 0 Å². The number of carbonyl (C=O) groups excluding carboxylic acids is 1. The van der Waals surface area contributed by atoms with Crippen LogP contribution in [0.3, 0.4) is 0 Å². The van der Waals surface area contributed by atoms with E-state index in [1.807, 2.05) is 18.2 Å². The van der Waals surface area contributed by atoms with Crippen LogP contribution in [0.25, 0.3) is 11.0 Å². The van der Waals surface area contributed by atoms with Crippen molar-refractivity contribution < 1.29 is 9.53 Å². The number of fused-ring (bicyclic) bond motifs is 1. The zero-order valence-electron chi connectivity index (χ0n) is 18.8. The molecule has 33 heavy (non-hydrogen) atoms. The molecule has 1 aromatic heterocycles. The number of halogens is 1. The fourth-order valence-electron chi connectivity index (χ4n) is 3.90. The second-order valence-corrected chi connectivity index (χ2v) is 8.46. The van der Waals surface area contributed by atoms with Crippen molar-refractivity contribution in [3.05, 3.63) is 94.8 Å². The van der Waals surface area contributed by atoms with Gasteiger partial charge in [0.15, 0.2) is 0 Å². The molecule has 0 unspecified atom stereocenters. The molecule has 170 valence electrons. The number of benzene rings is 3. The van der Waals surface area contributed by atoms with Gasteiger partial charge in [-0.15, -0.1) is 0 Å². The van der Waals surface area contributed by atoms with Crippen LogP contribution < -0.4 is 10.1 Å². The van der Waals surface area contributed by atoms with Gasteiger partial charge in [0.25, 0.3) is 5.91 Å². The third-order valence-electron chi connectivity index (χ3n) is 5.70. The van der Waals surface area contributed by atoms with Gasteiger partial charge in [-0.2, -0.15) is 0 Å². The summed E-state index contributed by atoms with van der Waals surface area (Å²) < 4.78 is 7.58. The maximum absolute atomic E-state index is 12.2. The zero-order valence-corrected chi connectivity index (χ0v) is 19.5. The Labute approximate surface area is 199 Å². The van der Waals surface area contributed by atoms with E-state index in [0.29, 0.717) is 17.1 Å². The normalized spacial score (nSPS) is 11.0. The first-order valence-corrected chi connectivity index (χ1v) is 11.6. The molecule has 0 atom stereocenters. The number of unbranched alkanes of at least 4 members (excludes halogenated alkanes) is 2. The van der Waals surface area contributed by atoms with Crippen LogP contribution in [0, 0.1) is 0 Å². The van der Waals surface area contributed by atoms with Gasteiger partial charge in [0.2, 0.25) is 0 Å². The van der Waals surface area contributed by atoms with Crippen LogP contribution in [-0.4, -0.2) is 29.1 Å². The SMILES string of the molecule is COc1ccc(Cn2c(CCCCCNC(=O)c3ccc(Cl)cc3)nc3ccccc32)cc1. The average Bonchev–Trinajstić information content (AvgIpc) is 3.19. The lowest BCUT2D eigenvalue weighted by Crippen LogP contribution is -2.24. The molecule has 1 N–H and O–H groups in total. The minimum Gasteiger partial charge on any atom is -0.497 e. The number of nitrogens with one attached hydrogen (secondary N) is 1. The number of hydrogen-bond donors (Lipinski definition) is 1. The molecule has 0 aliphatic heterocycles.